The highest BCUT2D eigenvalue weighted by Crippen LogP contribution is 2.47. The molecule has 0 aromatic carbocycles. The van der Waals surface area contributed by atoms with Crippen LogP contribution in [-0.2, 0) is 0 Å². The zero-order valence-electron chi connectivity index (χ0n) is 8.96. The molecule has 1 aliphatic rings. The van der Waals surface area contributed by atoms with Crippen molar-refractivity contribution in [1.82, 2.24) is 5.32 Å². The third kappa shape index (κ3) is 2.05. The first-order valence-corrected chi connectivity index (χ1v) is 4.98. The number of alkyl halides is 3. The summed E-state index contributed by atoms with van der Waals surface area (Å²) in [6.45, 7) is 4.06. The molecule has 1 fully saturated rings. The second-order valence-electron chi connectivity index (χ2n) is 4.99. The quantitative estimate of drug-likeness (QED) is 0.699. The van der Waals surface area contributed by atoms with Gasteiger partial charge in [-0.05, 0) is 38.1 Å². The molecule has 0 radical (unpaired) electrons. The lowest BCUT2D eigenvalue weighted by Crippen LogP contribution is -2.57. The minimum absolute atomic E-state index is 0.0611. The SMILES string of the molecule is CNC1(C(F)(F)F)CCC(C)(C)CC1. The zero-order chi connectivity index (χ0) is 11.0. The Hall–Kier alpha value is -0.250. The van der Waals surface area contributed by atoms with Crippen LogP contribution in [0.4, 0.5) is 13.2 Å². The number of rotatable bonds is 1. The van der Waals surface area contributed by atoms with E-state index >= 15 is 0 Å². The van der Waals surface area contributed by atoms with Gasteiger partial charge in [0.25, 0.3) is 0 Å². The van der Waals surface area contributed by atoms with Crippen LogP contribution in [0.1, 0.15) is 39.5 Å². The molecule has 1 nitrogen and oxygen atoms in total. The van der Waals surface area contributed by atoms with E-state index in [0.29, 0.717) is 12.8 Å². The topological polar surface area (TPSA) is 12.0 Å². The first-order valence-electron chi connectivity index (χ1n) is 4.98. The van der Waals surface area contributed by atoms with Gasteiger partial charge in [0.05, 0.1) is 0 Å². The standard InChI is InChI=1S/C10H18F3N/c1-8(2)4-6-9(14-3,7-5-8)10(11,12)13/h14H,4-7H2,1-3H3. The fraction of sp³-hybridized carbons (Fsp3) is 1.00. The Morgan fingerprint density at radius 2 is 1.43 bits per heavy atom. The first kappa shape index (κ1) is 11.8. The van der Waals surface area contributed by atoms with Crippen LogP contribution in [-0.4, -0.2) is 18.8 Å². The summed E-state index contributed by atoms with van der Waals surface area (Å²) in [5.74, 6) is 0. The van der Waals surface area contributed by atoms with Crippen molar-refractivity contribution in [3.05, 3.63) is 0 Å². The lowest BCUT2D eigenvalue weighted by Gasteiger charge is -2.44. The summed E-state index contributed by atoms with van der Waals surface area (Å²) in [4.78, 5) is 0. The fourth-order valence-corrected chi connectivity index (χ4v) is 2.03. The molecule has 1 rings (SSSR count). The van der Waals surface area contributed by atoms with Crippen molar-refractivity contribution >= 4 is 0 Å². The molecule has 14 heavy (non-hydrogen) atoms. The first-order chi connectivity index (χ1) is 6.22. The summed E-state index contributed by atoms with van der Waals surface area (Å²) in [6.07, 6.45) is -2.47. The third-order valence-electron chi connectivity index (χ3n) is 3.48. The zero-order valence-corrected chi connectivity index (χ0v) is 8.96. The molecule has 0 aliphatic heterocycles. The predicted molar refractivity (Wildman–Crippen MR) is 50.1 cm³/mol. The van der Waals surface area contributed by atoms with E-state index in [2.05, 4.69) is 5.32 Å². The lowest BCUT2D eigenvalue weighted by molar-refractivity contribution is -0.208. The minimum Gasteiger partial charge on any atom is -0.307 e. The molecule has 0 spiro atoms. The van der Waals surface area contributed by atoms with Gasteiger partial charge in [-0.2, -0.15) is 13.2 Å². The molecule has 1 aliphatic carbocycles. The Balaban J connectivity index is 2.77. The van der Waals surface area contributed by atoms with Gasteiger partial charge in [0, 0.05) is 0 Å². The molecule has 0 heterocycles. The Morgan fingerprint density at radius 1 is 1.00 bits per heavy atom. The molecule has 84 valence electrons. The fourth-order valence-electron chi connectivity index (χ4n) is 2.03. The van der Waals surface area contributed by atoms with E-state index in [-0.39, 0.29) is 18.3 Å². The Kier molecular flexibility index (Phi) is 2.87. The number of nitrogens with one attached hydrogen (secondary N) is 1. The normalized spacial score (nSPS) is 26.1. The smallest absolute Gasteiger partial charge is 0.307 e. The van der Waals surface area contributed by atoms with Gasteiger partial charge in [0.15, 0.2) is 0 Å². The van der Waals surface area contributed by atoms with Gasteiger partial charge < -0.3 is 5.32 Å². The molecule has 1 saturated carbocycles. The van der Waals surface area contributed by atoms with Crippen LogP contribution in [0.3, 0.4) is 0 Å². The average molecular weight is 209 g/mol. The van der Waals surface area contributed by atoms with Gasteiger partial charge in [-0.3, -0.25) is 0 Å². The monoisotopic (exact) mass is 209 g/mol. The molecule has 0 aromatic rings. The van der Waals surface area contributed by atoms with E-state index in [4.69, 9.17) is 0 Å². The number of hydrogen-bond donors (Lipinski definition) is 1. The predicted octanol–water partition coefficient (Wildman–Crippen LogP) is 3.11. The summed E-state index contributed by atoms with van der Waals surface area (Å²) >= 11 is 0. The van der Waals surface area contributed by atoms with E-state index < -0.39 is 11.7 Å². The van der Waals surface area contributed by atoms with Gasteiger partial charge >= 0.3 is 6.18 Å². The molecule has 0 amide bonds. The molecule has 0 aromatic heterocycles. The van der Waals surface area contributed by atoms with Crippen molar-refractivity contribution in [1.29, 1.82) is 0 Å². The molecule has 0 saturated heterocycles. The Labute approximate surface area is 83.1 Å². The van der Waals surface area contributed by atoms with Crippen molar-refractivity contribution in [3.63, 3.8) is 0 Å². The van der Waals surface area contributed by atoms with Crippen LogP contribution in [0, 0.1) is 5.41 Å². The summed E-state index contributed by atoms with van der Waals surface area (Å²) in [7, 11) is 1.41. The van der Waals surface area contributed by atoms with Crippen LogP contribution in [0.15, 0.2) is 0 Å². The molecule has 4 heteroatoms. The Bertz CT molecular complexity index is 198. The molecule has 0 unspecified atom stereocenters. The summed E-state index contributed by atoms with van der Waals surface area (Å²) < 4.78 is 38.4. The molecular weight excluding hydrogens is 191 g/mol. The molecule has 1 N–H and O–H groups in total. The van der Waals surface area contributed by atoms with Crippen molar-refractivity contribution in [2.24, 2.45) is 5.41 Å². The van der Waals surface area contributed by atoms with Crippen molar-refractivity contribution < 1.29 is 13.2 Å². The molecule has 0 bridgehead atoms. The highest BCUT2D eigenvalue weighted by molar-refractivity contribution is 4.99. The number of hydrogen-bond acceptors (Lipinski definition) is 1. The average Bonchev–Trinajstić information content (AvgIpc) is 2.03. The maximum absolute atomic E-state index is 12.8. The molecular formula is C10H18F3N. The summed E-state index contributed by atoms with van der Waals surface area (Å²) in [5, 5.41) is 2.47. The van der Waals surface area contributed by atoms with Crippen molar-refractivity contribution in [3.8, 4) is 0 Å². The van der Waals surface area contributed by atoms with Gasteiger partial charge in [0.1, 0.15) is 5.54 Å². The van der Waals surface area contributed by atoms with Crippen LogP contribution in [0.5, 0.6) is 0 Å². The summed E-state index contributed by atoms with van der Waals surface area (Å²) in [5.41, 5.74) is -1.58. The van der Waals surface area contributed by atoms with E-state index in [1.807, 2.05) is 13.8 Å². The van der Waals surface area contributed by atoms with E-state index in [0.717, 1.165) is 0 Å². The van der Waals surface area contributed by atoms with E-state index in [1.165, 1.54) is 7.05 Å². The second-order valence-corrected chi connectivity index (χ2v) is 4.99. The Morgan fingerprint density at radius 3 is 1.71 bits per heavy atom. The van der Waals surface area contributed by atoms with Gasteiger partial charge in [-0.1, -0.05) is 13.8 Å². The maximum Gasteiger partial charge on any atom is 0.406 e. The van der Waals surface area contributed by atoms with Gasteiger partial charge in [-0.15, -0.1) is 0 Å². The maximum atomic E-state index is 12.8. The van der Waals surface area contributed by atoms with Crippen LogP contribution >= 0.6 is 0 Å². The second kappa shape index (κ2) is 3.40. The third-order valence-corrected chi connectivity index (χ3v) is 3.48. The van der Waals surface area contributed by atoms with Crippen molar-refractivity contribution in [2.75, 3.05) is 7.05 Å². The summed E-state index contributed by atoms with van der Waals surface area (Å²) in [6, 6.07) is 0. The van der Waals surface area contributed by atoms with E-state index in [1.54, 1.807) is 0 Å². The van der Waals surface area contributed by atoms with Crippen LogP contribution in [0.2, 0.25) is 0 Å². The lowest BCUT2D eigenvalue weighted by atomic mass is 9.69. The molecule has 0 atom stereocenters. The minimum atomic E-state index is -4.13. The van der Waals surface area contributed by atoms with Crippen LogP contribution in [0.25, 0.3) is 0 Å². The van der Waals surface area contributed by atoms with Gasteiger partial charge in [-0.25, -0.2) is 0 Å². The van der Waals surface area contributed by atoms with Crippen molar-refractivity contribution in [2.45, 2.75) is 51.2 Å². The highest BCUT2D eigenvalue weighted by atomic mass is 19.4. The largest absolute Gasteiger partial charge is 0.406 e. The van der Waals surface area contributed by atoms with Crippen LogP contribution < -0.4 is 5.32 Å². The number of halogens is 3. The highest BCUT2D eigenvalue weighted by Gasteiger charge is 2.55. The van der Waals surface area contributed by atoms with E-state index in [9.17, 15) is 13.2 Å². The van der Waals surface area contributed by atoms with Gasteiger partial charge in [0.2, 0.25) is 0 Å².